The first kappa shape index (κ1) is 14.0. The Morgan fingerprint density at radius 1 is 1.37 bits per heavy atom. The van der Waals surface area contributed by atoms with Gasteiger partial charge in [-0.15, -0.1) is 0 Å². The van der Waals surface area contributed by atoms with Crippen LogP contribution in [-0.4, -0.2) is 14.7 Å². The van der Waals surface area contributed by atoms with Crippen molar-refractivity contribution in [3.63, 3.8) is 0 Å². The van der Waals surface area contributed by atoms with Crippen LogP contribution in [0.25, 0.3) is 0 Å². The molecule has 2 rings (SSSR count). The van der Waals surface area contributed by atoms with Gasteiger partial charge >= 0.3 is 0 Å². The van der Waals surface area contributed by atoms with E-state index in [1.807, 2.05) is 51.1 Å². The molecule has 3 atom stereocenters. The number of nitriles is 1. The molecule has 0 saturated heterocycles. The maximum absolute atomic E-state index is 12.2. The van der Waals surface area contributed by atoms with Crippen LogP contribution in [0.1, 0.15) is 32.8 Å². The van der Waals surface area contributed by atoms with Crippen molar-refractivity contribution in [1.82, 2.24) is 0 Å². The van der Waals surface area contributed by atoms with Crippen LogP contribution in [0.4, 0.5) is 0 Å². The van der Waals surface area contributed by atoms with Gasteiger partial charge in [0.05, 0.1) is 22.4 Å². The molecule has 0 bridgehead atoms. The standard InChI is InChI=1S/C15H18N2OS/c1-15(2,3)19(18)17-14(13-9-12(13)10-16)11-7-5-4-6-8-11/h4-8,12-13H,9H2,1-3H3/t12-,13+,19?/m1/s1. The summed E-state index contributed by atoms with van der Waals surface area (Å²) >= 11 is 0. The first-order chi connectivity index (χ1) is 8.93. The van der Waals surface area contributed by atoms with Crippen molar-refractivity contribution >= 4 is 16.7 Å². The quantitative estimate of drug-likeness (QED) is 0.795. The zero-order valence-corrected chi connectivity index (χ0v) is 12.3. The number of nitrogens with zero attached hydrogens (tertiary/aromatic N) is 2. The van der Waals surface area contributed by atoms with Crippen molar-refractivity contribution in [3.05, 3.63) is 35.9 Å². The van der Waals surface area contributed by atoms with Gasteiger partial charge in [0.2, 0.25) is 0 Å². The fourth-order valence-corrected chi connectivity index (χ4v) is 2.50. The van der Waals surface area contributed by atoms with Crippen molar-refractivity contribution in [2.45, 2.75) is 31.9 Å². The minimum Gasteiger partial charge on any atom is -0.234 e. The van der Waals surface area contributed by atoms with Gasteiger partial charge in [-0.1, -0.05) is 30.3 Å². The van der Waals surface area contributed by atoms with E-state index in [2.05, 4.69) is 10.5 Å². The van der Waals surface area contributed by atoms with Gasteiger partial charge in [0.1, 0.15) is 11.0 Å². The third kappa shape index (κ3) is 3.30. The predicted molar refractivity (Wildman–Crippen MR) is 78.1 cm³/mol. The zero-order valence-electron chi connectivity index (χ0n) is 11.5. The summed E-state index contributed by atoms with van der Waals surface area (Å²) in [6.07, 6.45) is 0.825. The first-order valence-corrected chi connectivity index (χ1v) is 7.50. The zero-order chi connectivity index (χ0) is 14.0. The second-order valence-corrected chi connectivity index (χ2v) is 7.69. The summed E-state index contributed by atoms with van der Waals surface area (Å²) in [5.41, 5.74) is 1.79. The van der Waals surface area contributed by atoms with Gasteiger partial charge in [0.25, 0.3) is 0 Å². The van der Waals surface area contributed by atoms with Crippen LogP contribution in [0.15, 0.2) is 34.7 Å². The number of hydrogen-bond acceptors (Lipinski definition) is 2. The highest BCUT2D eigenvalue weighted by atomic mass is 32.2. The topological polar surface area (TPSA) is 53.2 Å². The second kappa shape index (κ2) is 5.26. The Labute approximate surface area is 117 Å². The molecule has 4 heteroatoms. The molecule has 100 valence electrons. The van der Waals surface area contributed by atoms with Gasteiger partial charge in [-0.2, -0.15) is 9.66 Å². The van der Waals surface area contributed by atoms with Gasteiger partial charge in [-0.3, -0.25) is 0 Å². The van der Waals surface area contributed by atoms with E-state index in [4.69, 9.17) is 5.26 Å². The van der Waals surface area contributed by atoms with Gasteiger partial charge in [0, 0.05) is 5.92 Å². The van der Waals surface area contributed by atoms with E-state index in [0.717, 1.165) is 17.7 Å². The van der Waals surface area contributed by atoms with Crippen molar-refractivity contribution in [2.75, 3.05) is 0 Å². The molecular weight excluding hydrogens is 256 g/mol. The van der Waals surface area contributed by atoms with Gasteiger partial charge in [-0.25, -0.2) is 4.21 Å². The molecule has 1 aliphatic rings. The van der Waals surface area contributed by atoms with Gasteiger partial charge < -0.3 is 0 Å². The highest BCUT2D eigenvalue weighted by molar-refractivity contribution is 7.85. The van der Waals surface area contributed by atoms with Gasteiger partial charge in [-0.05, 0) is 32.8 Å². The molecule has 3 nitrogen and oxygen atoms in total. The lowest BCUT2D eigenvalue weighted by molar-refractivity contribution is 0.650. The van der Waals surface area contributed by atoms with Crippen LogP contribution in [0.3, 0.4) is 0 Å². The highest BCUT2D eigenvalue weighted by Gasteiger charge is 2.42. The van der Waals surface area contributed by atoms with Crippen molar-refractivity contribution in [3.8, 4) is 6.07 Å². The molecule has 0 radical (unpaired) electrons. The lowest BCUT2D eigenvalue weighted by Crippen LogP contribution is -2.21. The van der Waals surface area contributed by atoms with Crippen LogP contribution >= 0.6 is 0 Å². The van der Waals surface area contributed by atoms with Gasteiger partial charge in [0.15, 0.2) is 0 Å². The predicted octanol–water partition coefficient (Wildman–Crippen LogP) is 3.10. The summed E-state index contributed by atoms with van der Waals surface area (Å²) in [5.74, 6) is 0.162. The van der Waals surface area contributed by atoms with E-state index in [0.29, 0.717) is 0 Å². The SMILES string of the molecule is CC(C)(C)S(=O)N=C(c1ccccc1)[C@H]1C[C@@H]1C#N. The molecule has 1 unspecified atom stereocenters. The molecule has 1 aromatic carbocycles. The number of benzene rings is 1. The molecule has 1 saturated carbocycles. The Bertz CT molecular complexity index is 552. The van der Waals surface area contributed by atoms with Crippen LogP contribution in [0.5, 0.6) is 0 Å². The fourth-order valence-electron chi connectivity index (χ4n) is 1.81. The van der Waals surface area contributed by atoms with Crippen molar-refractivity contribution in [1.29, 1.82) is 5.26 Å². The molecule has 0 spiro atoms. The van der Waals surface area contributed by atoms with E-state index < -0.39 is 11.0 Å². The lowest BCUT2D eigenvalue weighted by Gasteiger charge is -2.15. The molecule has 0 aromatic heterocycles. The summed E-state index contributed by atoms with van der Waals surface area (Å²) < 4.78 is 16.3. The van der Waals surface area contributed by atoms with E-state index in [-0.39, 0.29) is 16.6 Å². The van der Waals surface area contributed by atoms with Crippen molar-refractivity contribution in [2.24, 2.45) is 16.2 Å². The normalized spacial score (nSPS) is 24.6. The minimum atomic E-state index is -1.29. The molecule has 1 aliphatic carbocycles. The smallest absolute Gasteiger partial charge is 0.145 e. The Morgan fingerprint density at radius 2 is 2.00 bits per heavy atom. The average molecular weight is 274 g/mol. The Balaban J connectivity index is 2.35. The third-order valence-corrected chi connectivity index (χ3v) is 4.49. The summed E-state index contributed by atoms with van der Waals surface area (Å²) in [6.45, 7) is 5.72. The molecular formula is C15H18N2OS. The van der Waals surface area contributed by atoms with Crippen LogP contribution < -0.4 is 0 Å². The van der Waals surface area contributed by atoms with E-state index in [1.165, 1.54) is 0 Å². The molecule has 0 amide bonds. The number of rotatable bonds is 3. The largest absolute Gasteiger partial charge is 0.234 e. The molecule has 1 fully saturated rings. The van der Waals surface area contributed by atoms with E-state index in [1.54, 1.807) is 0 Å². The lowest BCUT2D eigenvalue weighted by atomic mass is 10.1. The summed E-state index contributed by atoms with van der Waals surface area (Å²) in [4.78, 5) is 0. The maximum Gasteiger partial charge on any atom is 0.145 e. The molecule has 0 N–H and O–H groups in total. The maximum atomic E-state index is 12.2. The second-order valence-electron chi connectivity index (χ2n) is 5.78. The van der Waals surface area contributed by atoms with Crippen LogP contribution in [0, 0.1) is 23.2 Å². The average Bonchev–Trinajstić information content (AvgIpc) is 3.14. The Morgan fingerprint density at radius 3 is 2.47 bits per heavy atom. The van der Waals surface area contributed by atoms with E-state index >= 15 is 0 Å². The summed E-state index contributed by atoms with van der Waals surface area (Å²) in [7, 11) is -1.29. The summed E-state index contributed by atoms with van der Waals surface area (Å²) in [6, 6.07) is 12.0. The summed E-state index contributed by atoms with van der Waals surface area (Å²) in [5, 5.41) is 8.99. The van der Waals surface area contributed by atoms with Crippen molar-refractivity contribution < 1.29 is 4.21 Å². The molecule has 0 aliphatic heterocycles. The third-order valence-electron chi connectivity index (χ3n) is 3.08. The molecule has 1 aromatic rings. The molecule has 0 heterocycles. The fraction of sp³-hybridized carbons (Fsp3) is 0.467. The van der Waals surface area contributed by atoms with Crippen LogP contribution in [-0.2, 0) is 11.0 Å². The number of hydrogen-bond donors (Lipinski definition) is 0. The molecule has 19 heavy (non-hydrogen) atoms. The Hall–Kier alpha value is -1.47. The minimum absolute atomic E-state index is 0.0240. The Kier molecular flexibility index (Phi) is 3.86. The highest BCUT2D eigenvalue weighted by Crippen LogP contribution is 2.41. The van der Waals surface area contributed by atoms with E-state index in [9.17, 15) is 4.21 Å². The first-order valence-electron chi connectivity index (χ1n) is 6.39. The van der Waals surface area contributed by atoms with Crippen LogP contribution in [0.2, 0.25) is 0 Å². The monoisotopic (exact) mass is 274 g/mol.